The number of amides is 1. The van der Waals surface area contributed by atoms with Crippen LogP contribution in [0.3, 0.4) is 0 Å². The predicted molar refractivity (Wildman–Crippen MR) is 123 cm³/mol. The minimum absolute atomic E-state index is 0.0973. The fourth-order valence-electron chi connectivity index (χ4n) is 2.86. The molecule has 6 heteroatoms. The first-order valence-corrected chi connectivity index (χ1v) is 10.7. The summed E-state index contributed by atoms with van der Waals surface area (Å²) in [7, 11) is 0. The number of aromatic nitrogens is 2. The first-order chi connectivity index (χ1) is 13.9. The number of nitrogens with one attached hydrogen (secondary N) is 1. The first-order valence-electron chi connectivity index (χ1n) is 9.88. The topological polar surface area (TPSA) is 80.9 Å². The van der Waals surface area contributed by atoms with Gasteiger partial charge in [0.25, 0.3) is 0 Å². The van der Waals surface area contributed by atoms with Crippen molar-refractivity contribution in [2.45, 2.75) is 51.9 Å². The molecule has 0 aliphatic heterocycles. The zero-order valence-electron chi connectivity index (χ0n) is 17.1. The molecule has 0 aliphatic carbocycles. The molecule has 0 radical (unpaired) electrons. The zero-order valence-corrected chi connectivity index (χ0v) is 18.7. The number of halogens is 1. The summed E-state index contributed by atoms with van der Waals surface area (Å²) in [5.41, 5.74) is 9.43. The van der Waals surface area contributed by atoms with Gasteiger partial charge in [0.1, 0.15) is 0 Å². The van der Waals surface area contributed by atoms with Gasteiger partial charge in [-0.05, 0) is 30.5 Å². The van der Waals surface area contributed by atoms with Crippen molar-refractivity contribution in [3.05, 3.63) is 76.3 Å². The number of nitrogens with two attached hydrogens (primary N) is 1. The Labute approximate surface area is 181 Å². The van der Waals surface area contributed by atoms with Crippen molar-refractivity contribution < 1.29 is 4.79 Å². The second kappa shape index (κ2) is 11.5. The molecule has 0 spiro atoms. The van der Waals surface area contributed by atoms with Crippen LogP contribution in [0.1, 0.15) is 56.0 Å². The van der Waals surface area contributed by atoms with Crippen molar-refractivity contribution >= 4 is 27.7 Å². The Bertz CT molecular complexity index is 862. The summed E-state index contributed by atoms with van der Waals surface area (Å²) in [6.07, 6.45) is 9.01. The van der Waals surface area contributed by atoms with Crippen LogP contribution in [0.25, 0.3) is 0 Å². The molecule has 1 unspecified atom stereocenters. The number of allylic oxidation sites excluding steroid dienone is 2. The Kier molecular flexibility index (Phi) is 9.06. The van der Waals surface area contributed by atoms with Crippen LogP contribution in [-0.2, 0) is 17.6 Å². The van der Waals surface area contributed by atoms with Crippen LogP contribution < -0.4 is 11.1 Å². The largest absolute Gasteiger partial charge is 0.402 e. The van der Waals surface area contributed by atoms with Gasteiger partial charge in [-0.1, -0.05) is 60.5 Å². The Morgan fingerprint density at radius 3 is 2.72 bits per heavy atom. The van der Waals surface area contributed by atoms with Crippen molar-refractivity contribution in [1.82, 2.24) is 9.97 Å². The Balaban J connectivity index is 2.09. The van der Waals surface area contributed by atoms with Gasteiger partial charge in [0.2, 0.25) is 5.91 Å². The normalized spacial score (nSPS) is 12.4. The SMILES string of the molecule is C=CC/C(N)=C\CC(C)c1cnc(NC(=O)Cc2ccc(Br)cc2)c(CCC)n1. The highest BCUT2D eigenvalue weighted by atomic mass is 79.9. The Hall–Kier alpha value is -2.47. The van der Waals surface area contributed by atoms with Crippen molar-refractivity contribution in [3.63, 3.8) is 0 Å². The van der Waals surface area contributed by atoms with Crippen molar-refractivity contribution in [2.24, 2.45) is 5.73 Å². The van der Waals surface area contributed by atoms with Gasteiger partial charge in [-0.2, -0.15) is 0 Å². The molecular weight excluding hydrogens is 428 g/mol. The predicted octanol–water partition coefficient (Wildman–Crippen LogP) is 5.29. The molecular formula is C23H29BrN4O. The fraction of sp³-hybridized carbons (Fsp3) is 0.348. The van der Waals surface area contributed by atoms with E-state index in [1.165, 1.54) is 0 Å². The van der Waals surface area contributed by atoms with Crippen LogP contribution in [0, 0.1) is 0 Å². The molecule has 1 atom stereocenters. The molecule has 5 nitrogen and oxygen atoms in total. The van der Waals surface area contributed by atoms with E-state index in [1.807, 2.05) is 30.3 Å². The summed E-state index contributed by atoms with van der Waals surface area (Å²) >= 11 is 3.40. The summed E-state index contributed by atoms with van der Waals surface area (Å²) in [4.78, 5) is 21.8. The van der Waals surface area contributed by atoms with E-state index in [0.717, 1.165) is 46.4 Å². The van der Waals surface area contributed by atoms with E-state index in [9.17, 15) is 4.79 Å². The average molecular weight is 457 g/mol. The van der Waals surface area contributed by atoms with Crippen molar-refractivity contribution in [1.29, 1.82) is 0 Å². The molecule has 1 aromatic carbocycles. The molecule has 1 heterocycles. The Morgan fingerprint density at radius 1 is 1.34 bits per heavy atom. The molecule has 0 saturated heterocycles. The molecule has 0 bridgehead atoms. The van der Waals surface area contributed by atoms with Gasteiger partial charge >= 0.3 is 0 Å². The van der Waals surface area contributed by atoms with Crippen molar-refractivity contribution in [2.75, 3.05) is 5.32 Å². The van der Waals surface area contributed by atoms with E-state index in [2.05, 4.69) is 46.7 Å². The Morgan fingerprint density at radius 2 is 2.07 bits per heavy atom. The lowest BCUT2D eigenvalue weighted by atomic mass is 10.0. The van der Waals surface area contributed by atoms with Gasteiger partial charge in [0, 0.05) is 22.5 Å². The zero-order chi connectivity index (χ0) is 21.2. The maximum absolute atomic E-state index is 12.5. The molecule has 0 aliphatic rings. The van der Waals surface area contributed by atoms with Crippen LogP contribution in [0.5, 0.6) is 0 Å². The van der Waals surface area contributed by atoms with Gasteiger partial charge in [-0.25, -0.2) is 4.98 Å². The monoisotopic (exact) mass is 456 g/mol. The summed E-state index contributed by atoms with van der Waals surface area (Å²) in [6, 6.07) is 7.71. The highest BCUT2D eigenvalue weighted by Gasteiger charge is 2.14. The maximum Gasteiger partial charge on any atom is 0.229 e. The van der Waals surface area contributed by atoms with E-state index >= 15 is 0 Å². The minimum Gasteiger partial charge on any atom is -0.402 e. The molecule has 1 aromatic heterocycles. The van der Waals surface area contributed by atoms with Gasteiger partial charge in [0.05, 0.1) is 24.0 Å². The van der Waals surface area contributed by atoms with E-state index in [4.69, 9.17) is 10.7 Å². The third-order valence-electron chi connectivity index (χ3n) is 4.50. The number of hydrogen-bond acceptors (Lipinski definition) is 4. The van der Waals surface area contributed by atoms with Crippen LogP contribution in [0.4, 0.5) is 5.82 Å². The van der Waals surface area contributed by atoms with Crippen LogP contribution in [0.15, 0.2) is 59.4 Å². The van der Waals surface area contributed by atoms with Gasteiger partial charge in [0.15, 0.2) is 5.82 Å². The molecule has 0 fully saturated rings. The highest BCUT2D eigenvalue weighted by Crippen LogP contribution is 2.21. The van der Waals surface area contributed by atoms with Gasteiger partial charge in [-0.3, -0.25) is 9.78 Å². The quantitative estimate of drug-likeness (QED) is 0.476. The van der Waals surface area contributed by atoms with E-state index < -0.39 is 0 Å². The lowest BCUT2D eigenvalue weighted by Gasteiger charge is -2.14. The smallest absolute Gasteiger partial charge is 0.229 e. The van der Waals surface area contributed by atoms with E-state index in [-0.39, 0.29) is 11.8 Å². The van der Waals surface area contributed by atoms with Crippen LogP contribution in [-0.4, -0.2) is 15.9 Å². The fourth-order valence-corrected chi connectivity index (χ4v) is 3.12. The summed E-state index contributed by atoms with van der Waals surface area (Å²) < 4.78 is 0.989. The van der Waals surface area contributed by atoms with E-state index in [1.54, 1.807) is 12.3 Å². The molecule has 154 valence electrons. The lowest BCUT2D eigenvalue weighted by molar-refractivity contribution is -0.115. The molecule has 1 amide bonds. The molecule has 2 aromatic rings. The number of anilines is 1. The lowest BCUT2D eigenvalue weighted by Crippen LogP contribution is -2.18. The number of carbonyl (C=O) groups excluding carboxylic acids is 1. The average Bonchev–Trinajstić information content (AvgIpc) is 2.69. The van der Waals surface area contributed by atoms with Crippen molar-refractivity contribution in [3.8, 4) is 0 Å². The summed E-state index contributed by atoms with van der Waals surface area (Å²) in [6.45, 7) is 7.89. The summed E-state index contributed by atoms with van der Waals surface area (Å²) in [5.74, 6) is 0.639. The number of nitrogens with zero attached hydrogens (tertiary/aromatic N) is 2. The van der Waals surface area contributed by atoms with Crippen LogP contribution in [0.2, 0.25) is 0 Å². The van der Waals surface area contributed by atoms with E-state index in [0.29, 0.717) is 18.7 Å². The molecule has 0 saturated carbocycles. The first kappa shape index (κ1) is 22.8. The molecule has 29 heavy (non-hydrogen) atoms. The van der Waals surface area contributed by atoms with Gasteiger partial charge in [-0.15, -0.1) is 6.58 Å². The highest BCUT2D eigenvalue weighted by molar-refractivity contribution is 9.10. The number of benzene rings is 1. The van der Waals surface area contributed by atoms with Crippen LogP contribution >= 0.6 is 15.9 Å². The molecule has 2 rings (SSSR count). The molecule has 3 N–H and O–H groups in total. The maximum atomic E-state index is 12.5. The number of carbonyl (C=O) groups is 1. The minimum atomic E-state index is -0.0973. The summed E-state index contributed by atoms with van der Waals surface area (Å²) in [5, 5.41) is 2.92. The third-order valence-corrected chi connectivity index (χ3v) is 5.03. The number of hydrogen-bond donors (Lipinski definition) is 2. The number of rotatable bonds is 10. The third kappa shape index (κ3) is 7.46. The second-order valence-corrected chi connectivity index (χ2v) is 8.02. The number of aryl methyl sites for hydroxylation is 1. The second-order valence-electron chi connectivity index (χ2n) is 7.10. The standard InChI is InChI=1S/C23H29BrN4O/c1-4-6-19(25)13-8-16(3)21-15-26-23(20(27-21)7-5-2)28-22(29)14-17-9-11-18(24)12-10-17/h4,9-13,15-16H,1,5-8,14,25H2,2-3H3,(H,26,28,29)/b19-13+. The van der Waals surface area contributed by atoms with Gasteiger partial charge < -0.3 is 11.1 Å².